The number of halogens is 2. The number of hydrogen-bond acceptors (Lipinski definition) is 5. The lowest BCUT2D eigenvalue weighted by atomic mass is 10.1. The molecule has 0 fully saturated rings. The predicted molar refractivity (Wildman–Crippen MR) is 127 cm³/mol. The minimum atomic E-state index is -1.06. The highest BCUT2D eigenvalue weighted by molar-refractivity contribution is 6.42. The van der Waals surface area contributed by atoms with Crippen LogP contribution in [-0.4, -0.2) is 29.8 Å². The topological polar surface area (TPSA) is 92.8 Å². The minimum Gasteiger partial charge on any atom is -0.449 e. The van der Waals surface area contributed by atoms with Gasteiger partial charge in [0.05, 0.1) is 32.4 Å². The molecule has 9 heteroatoms. The zero-order chi connectivity index (χ0) is 24.4. The number of amides is 3. The summed E-state index contributed by atoms with van der Waals surface area (Å²) in [7, 11) is 0. The smallest absolute Gasteiger partial charge is 0.338 e. The highest BCUT2D eigenvalue weighted by atomic mass is 35.5. The third-order valence-electron chi connectivity index (χ3n) is 5.25. The van der Waals surface area contributed by atoms with Crippen LogP contribution in [-0.2, 0) is 16.1 Å². The second kappa shape index (κ2) is 9.67. The van der Waals surface area contributed by atoms with Crippen LogP contribution in [0.4, 0.5) is 5.69 Å². The van der Waals surface area contributed by atoms with Crippen LogP contribution in [0.5, 0.6) is 0 Å². The van der Waals surface area contributed by atoms with E-state index in [0.717, 1.165) is 10.5 Å². The molecule has 7 nitrogen and oxygen atoms in total. The van der Waals surface area contributed by atoms with Crippen molar-refractivity contribution in [3.8, 4) is 0 Å². The average molecular weight is 497 g/mol. The lowest BCUT2D eigenvalue weighted by molar-refractivity contribution is -0.129. The van der Waals surface area contributed by atoms with Crippen molar-refractivity contribution < 1.29 is 23.9 Å². The molecule has 3 amide bonds. The SMILES string of the molecule is CC(OC(=O)c1ccc2c(c1)C(=O)N(c1ccc(Cl)c(Cl)c1)C2=O)C(=O)NCc1ccccc1. The van der Waals surface area contributed by atoms with Crippen LogP contribution in [0, 0.1) is 0 Å². The molecule has 0 spiro atoms. The fraction of sp³-hybridized carbons (Fsp3) is 0.120. The largest absolute Gasteiger partial charge is 0.449 e. The van der Waals surface area contributed by atoms with E-state index in [1.54, 1.807) is 0 Å². The molecule has 0 bridgehead atoms. The van der Waals surface area contributed by atoms with Gasteiger partial charge < -0.3 is 10.1 Å². The maximum atomic E-state index is 12.9. The summed E-state index contributed by atoms with van der Waals surface area (Å²) >= 11 is 11.9. The summed E-state index contributed by atoms with van der Waals surface area (Å²) in [5.41, 5.74) is 1.39. The first-order chi connectivity index (χ1) is 16.3. The molecule has 0 aromatic heterocycles. The number of nitrogens with zero attached hydrogens (tertiary/aromatic N) is 1. The van der Waals surface area contributed by atoms with Gasteiger partial charge in [-0.1, -0.05) is 53.5 Å². The molecular formula is C25H18Cl2N2O5. The zero-order valence-corrected chi connectivity index (χ0v) is 19.4. The Morgan fingerprint density at radius 3 is 2.32 bits per heavy atom. The molecule has 0 saturated carbocycles. The van der Waals surface area contributed by atoms with Gasteiger partial charge >= 0.3 is 5.97 Å². The lowest BCUT2D eigenvalue weighted by Crippen LogP contribution is -2.35. The number of fused-ring (bicyclic) bond motifs is 1. The van der Waals surface area contributed by atoms with E-state index in [-0.39, 0.29) is 32.4 Å². The molecule has 3 aromatic carbocycles. The van der Waals surface area contributed by atoms with Crippen LogP contribution >= 0.6 is 23.2 Å². The van der Waals surface area contributed by atoms with Crippen molar-refractivity contribution in [2.45, 2.75) is 19.6 Å². The first-order valence-electron chi connectivity index (χ1n) is 10.3. The van der Waals surface area contributed by atoms with E-state index in [1.807, 2.05) is 30.3 Å². The van der Waals surface area contributed by atoms with Crippen LogP contribution in [0.1, 0.15) is 43.6 Å². The molecule has 1 atom stereocenters. The van der Waals surface area contributed by atoms with Gasteiger partial charge in [-0.3, -0.25) is 14.4 Å². The van der Waals surface area contributed by atoms with Crippen LogP contribution in [0.3, 0.4) is 0 Å². The van der Waals surface area contributed by atoms with Gasteiger partial charge in [0.1, 0.15) is 0 Å². The number of nitrogens with one attached hydrogen (secondary N) is 1. The predicted octanol–water partition coefficient (Wildman–Crippen LogP) is 4.66. The molecule has 0 saturated heterocycles. The first kappa shape index (κ1) is 23.5. The second-order valence-electron chi connectivity index (χ2n) is 7.56. The number of anilines is 1. The Labute approximate surface area is 205 Å². The van der Waals surface area contributed by atoms with Gasteiger partial charge in [-0.2, -0.15) is 0 Å². The van der Waals surface area contributed by atoms with Crippen molar-refractivity contribution in [2.75, 3.05) is 4.90 Å². The average Bonchev–Trinajstić information content (AvgIpc) is 3.09. The van der Waals surface area contributed by atoms with Gasteiger partial charge in [-0.15, -0.1) is 0 Å². The maximum Gasteiger partial charge on any atom is 0.338 e. The second-order valence-corrected chi connectivity index (χ2v) is 8.37. The van der Waals surface area contributed by atoms with Gasteiger partial charge in [0, 0.05) is 6.54 Å². The summed E-state index contributed by atoms with van der Waals surface area (Å²) in [6.45, 7) is 1.74. The Hall–Kier alpha value is -3.68. The monoisotopic (exact) mass is 496 g/mol. The molecule has 1 heterocycles. The van der Waals surface area contributed by atoms with Gasteiger partial charge in [-0.25, -0.2) is 9.69 Å². The summed E-state index contributed by atoms with van der Waals surface area (Å²) in [5, 5.41) is 3.18. The van der Waals surface area contributed by atoms with Crippen molar-refractivity contribution in [1.82, 2.24) is 5.32 Å². The standard InChI is InChI=1S/C25H18Cl2N2O5/c1-14(22(30)28-13-15-5-3-2-4-6-15)34-25(33)16-7-9-18-19(11-16)24(32)29(23(18)31)17-8-10-20(26)21(27)12-17/h2-12,14H,13H2,1H3,(H,28,30). The van der Waals surface area contributed by atoms with E-state index >= 15 is 0 Å². The van der Waals surface area contributed by atoms with Gasteiger partial charge in [0.15, 0.2) is 6.10 Å². The highest BCUT2D eigenvalue weighted by Gasteiger charge is 2.37. The van der Waals surface area contributed by atoms with Crippen molar-refractivity contribution in [3.63, 3.8) is 0 Å². The van der Waals surface area contributed by atoms with Crippen molar-refractivity contribution in [3.05, 3.63) is 99.0 Å². The summed E-state index contributed by atoms with van der Waals surface area (Å²) in [5.74, 6) is -2.41. The minimum absolute atomic E-state index is 0.0404. The fourth-order valence-electron chi connectivity index (χ4n) is 3.44. The van der Waals surface area contributed by atoms with Crippen LogP contribution in [0.15, 0.2) is 66.7 Å². The van der Waals surface area contributed by atoms with E-state index in [0.29, 0.717) is 6.54 Å². The van der Waals surface area contributed by atoms with E-state index in [4.69, 9.17) is 27.9 Å². The van der Waals surface area contributed by atoms with Crippen LogP contribution < -0.4 is 10.2 Å². The number of imide groups is 1. The molecule has 1 aliphatic heterocycles. The number of ether oxygens (including phenoxy) is 1. The van der Waals surface area contributed by atoms with Crippen molar-refractivity contribution in [1.29, 1.82) is 0 Å². The Kier molecular flexibility index (Phi) is 6.68. The summed E-state index contributed by atoms with van der Waals surface area (Å²) in [4.78, 5) is 51.6. The van der Waals surface area contributed by atoms with Crippen LogP contribution in [0.2, 0.25) is 10.0 Å². The molecule has 1 N–H and O–H groups in total. The van der Waals surface area contributed by atoms with E-state index in [1.165, 1.54) is 43.3 Å². The highest BCUT2D eigenvalue weighted by Crippen LogP contribution is 2.33. The number of rotatable bonds is 6. The van der Waals surface area contributed by atoms with Gasteiger partial charge in [0.25, 0.3) is 17.7 Å². The Morgan fingerprint density at radius 2 is 1.62 bits per heavy atom. The van der Waals surface area contributed by atoms with E-state index in [2.05, 4.69) is 5.32 Å². The normalized spacial score (nSPS) is 13.4. The Morgan fingerprint density at radius 1 is 0.912 bits per heavy atom. The molecule has 4 rings (SSSR count). The fourth-order valence-corrected chi connectivity index (χ4v) is 3.73. The molecule has 34 heavy (non-hydrogen) atoms. The van der Waals surface area contributed by atoms with Crippen LogP contribution in [0.25, 0.3) is 0 Å². The number of hydrogen-bond donors (Lipinski definition) is 1. The molecule has 1 unspecified atom stereocenters. The Balaban J connectivity index is 1.46. The van der Waals surface area contributed by atoms with Gasteiger partial charge in [-0.05, 0) is 48.9 Å². The number of esters is 1. The molecule has 0 radical (unpaired) electrons. The first-order valence-corrected chi connectivity index (χ1v) is 11.0. The molecular weight excluding hydrogens is 479 g/mol. The summed E-state index contributed by atoms with van der Waals surface area (Å²) in [6.07, 6.45) is -1.06. The molecule has 1 aliphatic rings. The van der Waals surface area contributed by atoms with Crippen molar-refractivity contribution in [2.24, 2.45) is 0 Å². The van der Waals surface area contributed by atoms with Gasteiger partial charge in [0.2, 0.25) is 0 Å². The number of benzene rings is 3. The van der Waals surface area contributed by atoms with Crippen molar-refractivity contribution >= 4 is 52.6 Å². The quantitative estimate of drug-likeness (QED) is 0.395. The third-order valence-corrected chi connectivity index (χ3v) is 5.99. The number of carbonyl (C=O) groups is 4. The van der Waals surface area contributed by atoms with E-state index < -0.39 is 29.8 Å². The number of carbonyl (C=O) groups excluding carboxylic acids is 4. The molecule has 0 aliphatic carbocycles. The molecule has 3 aromatic rings. The Bertz CT molecular complexity index is 1310. The summed E-state index contributed by atoms with van der Waals surface area (Å²) < 4.78 is 5.26. The third kappa shape index (κ3) is 4.66. The maximum absolute atomic E-state index is 12.9. The zero-order valence-electron chi connectivity index (χ0n) is 17.9. The summed E-state index contributed by atoms with van der Waals surface area (Å²) in [6, 6.07) is 17.7. The molecule has 172 valence electrons. The van der Waals surface area contributed by atoms with E-state index in [9.17, 15) is 19.2 Å². The lowest BCUT2D eigenvalue weighted by Gasteiger charge is -2.14.